The third kappa shape index (κ3) is 3.70. The van der Waals surface area contributed by atoms with Gasteiger partial charge in [0.15, 0.2) is 10.8 Å². The molecule has 0 saturated heterocycles. The zero-order valence-electron chi connectivity index (χ0n) is 14.6. The Balaban J connectivity index is 2.12. The number of aromatic nitrogens is 3. The topological polar surface area (TPSA) is 106 Å². The van der Waals surface area contributed by atoms with Crippen molar-refractivity contribution in [1.82, 2.24) is 14.5 Å². The van der Waals surface area contributed by atoms with Crippen LogP contribution in [0.25, 0.3) is 17.1 Å². The average Bonchev–Trinajstić information content (AvgIpc) is 3.26. The number of benzene rings is 1. The van der Waals surface area contributed by atoms with Gasteiger partial charge in [0.25, 0.3) is 10.0 Å². The number of imidazole rings is 1. The molecule has 3 aromatic rings. The summed E-state index contributed by atoms with van der Waals surface area (Å²) in [7, 11) is -2.32. The minimum absolute atomic E-state index is 0.0289. The van der Waals surface area contributed by atoms with Gasteiger partial charge in [-0.25, -0.2) is 14.2 Å². The molecule has 0 spiro atoms. The SMILES string of the molecule is CCOC(=O)/C=C/c1c(NS(=O)(=O)c2ccc[nH]2)cc2c(ncn2C)c1F. The molecule has 0 unspecified atom stereocenters. The number of halogens is 1. The highest BCUT2D eigenvalue weighted by molar-refractivity contribution is 7.92. The Morgan fingerprint density at radius 3 is 2.93 bits per heavy atom. The number of aromatic amines is 1. The first-order valence-electron chi connectivity index (χ1n) is 7.98. The van der Waals surface area contributed by atoms with Crippen molar-refractivity contribution in [3.8, 4) is 0 Å². The molecule has 8 nitrogen and oxygen atoms in total. The minimum Gasteiger partial charge on any atom is -0.463 e. The van der Waals surface area contributed by atoms with E-state index < -0.39 is 21.8 Å². The summed E-state index contributed by atoms with van der Waals surface area (Å²) in [5.41, 5.74) is 0.303. The fourth-order valence-corrected chi connectivity index (χ4v) is 3.56. The fourth-order valence-electron chi connectivity index (χ4n) is 2.51. The molecule has 0 aliphatic heterocycles. The number of esters is 1. The summed E-state index contributed by atoms with van der Waals surface area (Å²) in [4.78, 5) is 18.2. The van der Waals surface area contributed by atoms with Crippen LogP contribution in [-0.4, -0.2) is 35.5 Å². The van der Waals surface area contributed by atoms with Gasteiger partial charge < -0.3 is 14.3 Å². The highest BCUT2D eigenvalue weighted by atomic mass is 32.2. The third-order valence-corrected chi connectivity index (χ3v) is 5.10. The standard InChI is InChI=1S/C17H17FN4O4S/c1-3-26-15(23)7-6-11-12(21-27(24,25)14-5-4-8-19-14)9-13-17(16(11)18)20-10-22(13)2/h4-10,19,21H,3H2,1-2H3/b7-6+. The van der Waals surface area contributed by atoms with Crippen molar-refractivity contribution in [1.29, 1.82) is 0 Å². The lowest BCUT2D eigenvalue weighted by atomic mass is 10.1. The lowest BCUT2D eigenvalue weighted by molar-refractivity contribution is -0.137. The second kappa shape index (κ2) is 7.23. The number of hydrogen-bond donors (Lipinski definition) is 2. The van der Waals surface area contributed by atoms with Gasteiger partial charge in [0, 0.05) is 24.9 Å². The number of nitrogens with one attached hydrogen (secondary N) is 2. The summed E-state index contributed by atoms with van der Waals surface area (Å²) in [5, 5.41) is -0.0756. The molecule has 0 aliphatic rings. The molecule has 27 heavy (non-hydrogen) atoms. The second-order valence-corrected chi connectivity index (χ2v) is 7.25. The summed E-state index contributed by atoms with van der Waals surface area (Å²) < 4.78 is 48.7. The summed E-state index contributed by atoms with van der Waals surface area (Å²) in [6.45, 7) is 1.80. The number of H-pyrrole nitrogens is 1. The van der Waals surface area contributed by atoms with Crippen LogP contribution in [0.3, 0.4) is 0 Å². The number of hydrogen-bond acceptors (Lipinski definition) is 5. The molecule has 0 saturated carbocycles. The molecular weight excluding hydrogens is 375 g/mol. The van der Waals surface area contributed by atoms with Gasteiger partial charge in [0.2, 0.25) is 0 Å². The van der Waals surface area contributed by atoms with Crippen molar-refractivity contribution >= 4 is 38.8 Å². The van der Waals surface area contributed by atoms with Crippen molar-refractivity contribution in [3.63, 3.8) is 0 Å². The van der Waals surface area contributed by atoms with Crippen LogP contribution in [0, 0.1) is 5.82 Å². The maximum absolute atomic E-state index is 15.0. The monoisotopic (exact) mass is 392 g/mol. The summed E-state index contributed by atoms with van der Waals surface area (Å²) in [6, 6.07) is 4.35. The van der Waals surface area contributed by atoms with Gasteiger partial charge in [-0.3, -0.25) is 4.72 Å². The smallest absolute Gasteiger partial charge is 0.330 e. The Kier molecular flexibility index (Phi) is 5.00. The molecule has 0 fully saturated rings. The van der Waals surface area contributed by atoms with Crippen LogP contribution in [0.1, 0.15) is 12.5 Å². The number of rotatable bonds is 6. The molecule has 2 aromatic heterocycles. The van der Waals surface area contributed by atoms with E-state index in [1.54, 1.807) is 18.5 Å². The van der Waals surface area contributed by atoms with E-state index in [0.29, 0.717) is 5.52 Å². The molecule has 0 aliphatic carbocycles. The Hall–Kier alpha value is -3.14. The lowest BCUT2D eigenvalue weighted by Crippen LogP contribution is -2.15. The van der Waals surface area contributed by atoms with Gasteiger partial charge >= 0.3 is 5.97 Å². The van der Waals surface area contributed by atoms with Gasteiger partial charge in [-0.05, 0) is 31.2 Å². The molecule has 0 bridgehead atoms. The predicted octanol–water partition coefficient (Wildman–Crippen LogP) is 2.42. The van der Waals surface area contributed by atoms with Crippen LogP contribution in [0.5, 0.6) is 0 Å². The molecule has 0 radical (unpaired) electrons. The van der Waals surface area contributed by atoms with Crippen LogP contribution >= 0.6 is 0 Å². The first-order chi connectivity index (χ1) is 12.8. The van der Waals surface area contributed by atoms with Crippen molar-refractivity contribution in [2.75, 3.05) is 11.3 Å². The van der Waals surface area contributed by atoms with E-state index in [2.05, 4.69) is 14.7 Å². The Bertz CT molecular complexity index is 1120. The Morgan fingerprint density at radius 1 is 1.48 bits per heavy atom. The molecule has 2 heterocycles. The number of sulfonamides is 1. The van der Waals surface area contributed by atoms with Crippen LogP contribution in [0.15, 0.2) is 41.8 Å². The number of nitrogens with zero attached hydrogens (tertiary/aromatic N) is 2. The van der Waals surface area contributed by atoms with Crippen LogP contribution in [0.2, 0.25) is 0 Å². The van der Waals surface area contributed by atoms with E-state index in [1.807, 2.05) is 0 Å². The molecule has 3 rings (SSSR count). The normalized spacial score (nSPS) is 12.0. The highest BCUT2D eigenvalue weighted by Gasteiger charge is 2.21. The molecule has 0 amide bonds. The van der Waals surface area contributed by atoms with Crippen molar-refractivity contribution in [3.05, 3.63) is 48.2 Å². The fraction of sp³-hybridized carbons (Fsp3) is 0.176. The number of carbonyl (C=O) groups is 1. The van der Waals surface area contributed by atoms with Crippen molar-refractivity contribution in [2.24, 2.45) is 7.05 Å². The van der Waals surface area contributed by atoms with Crippen LogP contribution in [0.4, 0.5) is 10.1 Å². The highest BCUT2D eigenvalue weighted by Crippen LogP contribution is 2.30. The summed E-state index contributed by atoms with van der Waals surface area (Å²) in [6.07, 6.45) is 5.06. The van der Waals surface area contributed by atoms with Gasteiger partial charge in [0.1, 0.15) is 5.52 Å². The van der Waals surface area contributed by atoms with Crippen LogP contribution in [-0.2, 0) is 26.6 Å². The van der Waals surface area contributed by atoms with Gasteiger partial charge in [-0.2, -0.15) is 8.42 Å². The molecule has 1 aromatic carbocycles. The maximum atomic E-state index is 15.0. The van der Waals surface area contributed by atoms with Crippen LogP contribution < -0.4 is 4.72 Å². The number of carbonyl (C=O) groups excluding carboxylic acids is 1. The van der Waals surface area contributed by atoms with Crippen molar-refractivity contribution < 1.29 is 22.3 Å². The number of fused-ring (bicyclic) bond motifs is 1. The van der Waals surface area contributed by atoms with E-state index in [4.69, 9.17) is 4.74 Å². The quantitative estimate of drug-likeness (QED) is 0.495. The van der Waals surface area contributed by atoms with Gasteiger partial charge in [-0.15, -0.1) is 0 Å². The van der Waals surface area contributed by atoms with Crippen molar-refractivity contribution in [2.45, 2.75) is 11.9 Å². The molecule has 10 heteroatoms. The zero-order valence-corrected chi connectivity index (χ0v) is 15.4. The largest absolute Gasteiger partial charge is 0.463 e. The Labute approximate surface area is 154 Å². The maximum Gasteiger partial charge on any atom is 0.330 e. The number of aryl methyl sites for hydroxylation is 1. The van der Waals surface area contributed by atoms with E-state index >= 15 is 0 Å². The Morgan fingerprint density at radius 2 is 2.26 bits per heavy atom. The minimum atomic E-state index is -3.97. The first kappa shape index (κ1) is 18.6. The number of ether oxygens (including phenoxy) is 1. The zero-order chi connectivity index (χ0) is 19.6. The summed E-state index contributed by atoms with van der Waals surface area (Å²) in [5.74, 6) is -1.42. The summed E-state index contributed by atoms with van der Waals surface area (Å²) >= 11 is 0. The predicted molar refractivity (Wildman–Crippen MR) is 97.9 cm³/mol. The van der Waals surface area contributed by atoms with E-state index in [1.165, 1.54) is 30.7 Å². The molecule has 2 N–H and O–H groups in total. The van der Waals surface area contributed by atoms with E-state index in [9.17, 15) is 17.6 Å². The number of anilines is 1. The third-order valence-electron chi connectivity index (χ3n) is 3.77. The first-order valence-corrected chi connectivity index (χ1v) is 9.46. The lowest BCUT2D eigenvalue weighted by Gasteiger charge is -2.12. The average molecular weight is 392 g/mol. The molecule has 0 atom stereocenters. The van der Waals surface area contributed by atoms with E-state index in [-0.39, 0.29) is 28.4 Å². The molecule has 142 valence electrons. The van der Waals surface area contributed by atoms with Gasteiger partial charge in [0.05, 0.1) is 24.1 Å². The van der Waals surface area contributed by atoms with E-state index in [0.717, 1.165) is 12.2 Å². The second-order valence-electron chi connectivity index (χ2n) is 5.60. The van der Waals surface area contributed by atoms with Gasteiger partial charge in [-0.1, -0.05) is 0 Å². The molecular formula is C17H17FN4O4S.